The van der Waals surface area contributed by atoms with Gasteiger partial charge in [0.15, 0.2) is 6.10 Å². The summed E-state index contributed by atoms with van der Waals surface area (Å²) in [4.78, 5) is 30.3. The summed E-state index contributed by atoms with van der Waals surface area (Å²) in [5.74, 6) is 0.547. The normalized spacial score (nSPS) is 17.5. The van der Waals surface area contributed by atoms with Crippen molar-refractivity contribution in [3.05, 3.63) is 46.0 Å². The lowest BCUT2D eigenvalue weighted by Crippen LogP contribution is -2.41. The first-order valence-electron chi connectivity index (χ1n) is 9.26. The number of aromatic nitrogens is 1. The minimum atomic E-state index is -0.717. The Morgan fingerprint density at radius 3 is 2.83 bits per heavy atom. The number of primary amides is 1. The van der Waals surface area contributed by atoms with Gasteiger partial charge in [-0.15, -0.1) is 0 Å². The topological polar surface area (TPSA) is 97.5 Å². The molecule has 29 heavy (non-hydrogen) atoms. The van der Waals surface area contributed by atoms with Crippen LogP contribution in [0.3, 0.4) is 0 Å². The van der Waals surface area contributed by atoms with Gasteiger partial charge >= 0.3 is 0 Å². The molecule has 2 aromatic rings. The van der Waals surface area contributed by atoms with Crippen molar-refractivity contribution in [3.8, 4) is 5.75 Å². The lowest BCUT2D eigenvalue weighted by molar-refractivity contribution is -0.122. The van der Waals surface area contributed by atoms with Gasteiger partial charge in [-0.25, -0.2) is 4.98 Å². The van der Waals surface area contributed by atoms with Crippen LogP contribution in [0.25, 0.3) is 0 Å². The van der Waals surface area contributed by atoms with Crippen molar-refractivity contribution in [2.75, 3.05) is 23.3 Å². The minimum Gasteiger partial charge on any atom is -0.480 e. The van der Waals surface area contributed by atoms with Gasteiger partial charge in [-0.05, 0) is 66.0 Å². The molecule has 2 unspecified atom stereocenters. The van der Waals surface area contributed by atoms with Crippen LogP contribution in [0.5, 0.6) is 5.75 Å². The quantitative estimate of drug-likeness (QED) is 0.657. The van der Waals surface area contributed by atoms with Crippen molar-refractivity contribution in [3.63, 3.8) is 0 Å². The zero-order valence-corrected chi connectivity index (χ0v) is 18.2. The molecular weight excluding hydrogens is 460 g/mol. The lowest BCUT2D eigenvalue weighted by atomic mass is 9.97. The van der Waals surface area contributed by atoms with Crippen LogP contribution in [0.4, 0.5) is 11.5 Å². The summed E-state index contributed by atoms with van der Waals surface area (Å²) in [5.41, 5.74) is 5.99. The highest BCUT2D eigenvalue weighted by atomic mass is 79.9. The first kappa shape index (κ1) is 21.4. The van der Waals surface area contributed by atoms with E-state index in [4.69, 9.17) is 22.1 Å². The summed E-state index contributed by atoms with van der Waals surface area (Å²) >= 11 is 9.28. The molecule has 3 rings (SSSR count). The van der Waals surface area contributed by atoms with E-state index in [1.807, 2.05) is 11.0 Å². The van der Waals surface area contributed by atoms with Crippen LogP contribution in [0.2, 0.25) is 5.02 Å². The molecule has 1 aliphatic heterocycles. The number of nitrogens with one attached hydrogen (secondary N) is 1. The van der Waals surface area contributed by atoms with Crippen LogP contribution in [0.15, 0.2) is 41.0 Å². The third kappa shape index (κ3) is 5.61. The zero-order valence-electron chi connectivity index (χ0n) is 15.9. The maximum absolute atomic E-state index is 12.4. The van der Waals surface area contributed by atoms with Gasteiger partial charge in [0.2, 0.25) is 5.91 Å². The molecule has 3 N–H and O–H groups in total. The van der Waals surface area contributed by atoms with Gasteiger partial charge in [0.05, 0.1) is 22.3 Å². The maximum atomic E-state index is 12.4. The molecule has 0 saturated carbocycles. The molecule has 1 fully saturated rings. The number of halogens is 2. The van der Waals surface area contributed by atoms with Crippen molar-refractivity contribution in [2.24, 2.45) is 11.7 Å². The molecule has 2 amide bonds. The average Bonchev–Trinajstić information content (AvgIpc) is 2.70. The highest BCUT2D eigenvalue weighted by Gasteiger charge is 2.24. The second kappa shape index (κ2) is 9.45. The molecule has 2 heterocycles. The predicted molar refractivity (Wildman–Crippen MR) is 116 cm³/mol. The number of carbonyl (C=O) groups is 2. The highest BCUT2D eigenvalue weighted by Crippen LogP contribution is 2.29. The number of rotatable bonds is 6. The molecule has 2 atom stereocenters. The number of benzene rings is 1. The zero-order chi connectivity index (χ0) is 21.0. The van der Waals surface area contributed by atoms with E-state index >= 15 is 0 Å². The Kier molecular flexibility index (Phi) is 6.97. The number of anilines is 2. The fourth-order valence-electron chi connectivity index (χ4n) is 3.12. The van der Waals surface area contributed by atoms with Gasteiger partial charge in [0.25, 0.3) is 5.91 Å². The van der Waals surface area contributed by atoms with E-state index < -0.39 is 6.10 Å². The third-order valence-electron chi connectivity index (χ3n) is 4.73. The van der Waals surface area contributed by atoms with Crippen LogP contribution >= 0.6 is 27.5 Å². The van der Waals surface area contributed by atoms with E-state index in [-0.39, 0.29) is 17.7 Å². The van der Waals surface area contributed by atoms with Crippen molar-refractivity contribution in [1.82, 2.24) is 4.98 Å². The predicted octanol–water partition coefficient (Wildman–Crippen LogP) is 3.61. The number of hydrogen-bond donors (Lipinski definition) is 2. The van der Waals surface area contributed by atoms with Crippen LogP contribution in [0, 0.1) is 5.92 Å². The van der Waals surface area contributed by atoms with E-state index in [1.165, 1.54) is 0 Å². The number of carbonyl (C=O) groups excluding carboxylic acids is 2. The molecule has 1 aliphatic rings. The van der Waals surface area contributed by atoms with Gasteiger partial charge in [0.1, 0.15) is 11.6 Å². The Balaban J connectivity index is 1.58. The van der Waals surface area contributed by atoms with E-state index in [0.29, 0.717) is 27.5 Å². The second-order valence-corrected chi connectivity index (χ2v) is 8.21. The third-order valence-corrected chi connectivity index (χ3v) is 5.58. The first-order valence-corrected chi connectivity index (χ1v) is 10.4. The Hall–Kier alpha value is -2.32. The smallest absolute Gasteiger partial charge is 0.265 e. The molecule has 0 bridgehead atoms. The number of piperidine rings is 1. The molecule has 1 aromatic heterocycles. The average molecular weight is 482 g/mol. The summed E-state index contributed by atoms with van der Waals surface area (Å²) in [6.45, 7) is 3.05. The van der Waals surface area contributed by atoms with E-state index in [9.17, 15) is 9.59 Å². The largest absolute Gasteiger partial charge is 0.480 e. The summed E-state index contributed by atoms with van der Waals surface area (Å²) in [6.07, 6.45) is 2.57. The summed E-state index contributed by atoms with van der Waals surface area (Å²) in [5, 5.41) is 3.36. The van der Waals surface area contributed by atoms with Gasteiger partial charge < -0.3 is 20.7 Å². The molecule has 154 valence electrons. The van der Waals surface area contributed by atoms with E-state index in [2.05, 4.69) is 26.2 Å². The lowest BCUT2D eigenvalue weighted by Gasteiger charge is -2.32. The molecule has 1 aromatic carbocycles. The van der Waals surface area contributed by atoms with Crippen LogP contribution in [0.1, 0.15) is 19.8 Å². The van der Waals surface area contributed by atoms with Crippen molar-refractivity contribution >= 4 is 50.9 Å². The Morgan fingerprint density at radius 2 is 2.17 bits per heavy atom. The molecule has 0 radical (unpaired) electrons. The van der Waals surface area contributed by atoms with Crippen LogP contribution in [-0.4, -0.2) is 36.0 Å². The van der Waals surface area contributed by atoms with E-state index in [0.717, 1.165) is 25.2 Å². The number of nitrogens with two attached hydrogens (primary N) is 1. The summed E-state index contributed by atoms with van der Waals surface area (Å²) < 4.78 is 6.37. The van der Waals surface area contributed by atoms with Gasteiger partial charge in [-0.3, -0.25) is 9.59 Å². The molecule has 0 aliphatic carbocycles. The summed E-state index contributed by atoms with van der Waals surface area (Å²) in [7, 11) is 0. The van der Waals surface area contributed by atoms with Crippen molar-refractivity contribution in [1.29, 1.82) is 0 Å². The summed E-state index contributed by atoms with van der Waals surface area (Å²) in [6, 6.07) is 8.69. The van der Waals surface area contributed by atoms with Gasteiger partial charge in [-0.1, -0.05) is 11.6 Å². The molecule has 1 saturated heterocycles. The van der Waals surface area contributed by atoms with Crippen LogP contribution in [-0.2, 0) is 9.59 Å². The Morgan fingerprint density at radius 1 is 1.38 bits per heavy atom. The molecule has 7 nitrogen and oxygen atoms in total. The van der Waals surface area contributed by atoms with Crippen LogP contribution < -0.4 is 20.7 Å². The first-order chi connectivity index (χ1) is 13.8. The molecule has 0 spiro atoms. The maximum Gasteiger partial charge on any atom is 0.265 e. The monoisotopic (exact) mass is 480 g/mol. The fourth-order valence-corrected chi connectivity index (χ4v) is 3.90. The van der Waals surface area contributed by atoms with Gasteiger partial charge in [-0.2, -0.15) is 0 Å². The standard InChI is InChI=1S/C20H22BrClN4O3/c1-12(29-17-6-4-14(22)9-16(17)21)20(28)25-15-5-7-18(24-10-15)26-8-2-3-13(11-26)19(23)27/h4-7,9-10,12-13H,2-3,8,11H2,1H3,(H2,23,27)(H,25,28). The second-order valence-electron chi connectivity index (χ2n) is 6.92. The number of nitrogens with zero attached hydrogens (tertiary/aromatic N) is 2. The van der Waals surface area contributed by atoms with Crippen molar-refractivity contribution in [2.45, 2.75) is 25.9 Å². The number of hydrogen-bond acceptors (Lipinski definition) is 5. The highest BCUT2D eigenvalue weighted by molar-refractivity contribution is 9.10. The molecular formula is C20H22BrClN4O3. The number of ether oxygens (including phenoxy) is 1. The number of amides is 2. The SMILES string of the molecule is CC(Oc1ccc(Cl)cc1Br)C(=O)Nc1ccc(N2CCCC(C(N)=O)C2)nc1. The fraction of sp³-hybridized carbons (Fsp3) is 0.350. The Labute approximate surface area is 182 Å². The number of pyridine rings is 1. The van der Waals surface area contributed by atoms with Gasteiger partial charge in [0, 0.05) is 18.1 Å². The molecule has 9 heteroatoms. The van der Waals surface area contributed by atoms with E-state index in [1.54, 1.807) is 37.4 Å². The Bertz CT molecular complexity index is 894. The minimum absolute atomic E-state index is 0.157. The van der Waals surface area contributed by atoms with Crippen molar-refractivity contribution < 1.29 is 14.3 Å².